The number of carbonyl (C=O) groups is 1. The molecule has 1 N–H and O–H groups in total. The SMILES string of the molecule is O=C(NCc1ccc(CN2CCCC2)cc1)C1CCN(Cc2nc(-c3ccccc3)no2)CC1. The van der Waals surface area contributed by atoms with Gasteiger partial charge in [0.15, 0.2) is 0 Å². The van der Waals surface area contributed by atoms with Crippen molar-refractivity contribution in [3.8, 4) is 11.4 Å². The molecule has 2 saturated heterocycles. The third-order valence-electron chi connectivity index (χ3n) is 6.91. The van der Waals surface area contributed by atoms with Gasteiger partial charge in [0.25, 0.3) is 0 Å². The molecule has 0 unspecified atom stereocenters. The van der Waals surface area contributed by atoms with E-state index in [0.29, 0.717) is 24.8 Å². The Kier molecular flexibility index (Phi) is 7.31. The zero-order valence-corrected chi connectivity index (χ0v) is 19.7. The Morgan fingerprint density at radius 1 is 0.882 bits per heavy atom. The molecule has 1 amide bonds. The van der Waals surface area contributed by atoms with Crippen LogP contribution < -0.4 is 5.32 Å². The zero-order chi connectivity index (χ0) is 23.2. The normalized spacial score (nSPS) is 17.8. The van der Waals surface area contributed by atoms with Crippen molar-refractivity contribution in [3.63, 3.8) is 0 Å². The summed E-state index contributed by atoms with van der Waals surface area (Å²) in [6, 6.07) is 18.5. The molecule has 2 fully saturated rings. The minimum absolute atomic E-state index is 0.0632. The van der Waals surface area contributed by atoms with Gasteiger partial charge in [-0.2, -0.15) is 4.98 Å². The maximum Gasteiger partial charge on any atom is 0.241 e. The lowest BCUT2D eigenvalue weighted by Crippen LogP contribution is -2.40. The van der Waals surface area contributed by atoms with Crippen molar-refractivity contribution < 1.29 is 9.32 Å². The van der Waals surface area contributed by atoms with E-state index in [4.69, 9.17) is 4.52 Å². The van der Waals surface area contributed by atoms with Crippen LogP contribution in [0.3, 0.4) is 0 Å². The van der Waals surface area contributed by atoms with Gasteiger partial charge in [0.2, 0.25) is 17.6 Å². The summed E-state index contributed by atoms with van der Waals surface area (Å²) < 4.78 is 5.44. The topological polar surface area (TPSA) is 74.5 Å². The summed E-state index contributed by atoms with van der Waals surface area (Å²) in [6.45, 7) is 6.37. The Balaban J connectivity index is 1.04. The van der Waals surface area contributed by atoms with Crippen molar-refractivity contribution in [1.29, 1.82) is 0 Å². The molecule has 5 rings (SSSR count). The van der Waals surface area contributed by atoms with E-state index in [1.54, 1.807) is 0 Å². The highest BCUT2D eigenvalue weighted by Crippen LogP contribution is 2.21. The van der Waals surface area contributed by atoms with Gasteiger partial charge in [-0.1, -0.05) is 59.8 Å². The lowest BCUT2D eigenvalue weighted by atomic mass is 9.96. The Morgan fingerprint density at radius 3 is 2.29 bits per heavy atom. The van der Waals surface area contributed by atoms with Gasteiger partial charge in [0.1, 0.15) is 0 Å². The van der Waals surface area contributed by atoms with E-state index in [0.717, 1.165) is 43.6 Å². The molecule has 0 saturated carbocycles. The van der Waals surface area contributed by atoms with E-state index in [2.05, 4.69) is 49.5 Å². The van der Waals surface area contributed by atoms with Crippen molar-refractivity contribution in [2.45, 2.75) is 45.3 Å². The van der Waals surface area contributed by atoms with E-state index in [1.165, 1.54) is 31.5 Å². The first-order valence-electron chi connectivity index (χ1n) is 12.4. The quantitative estimate of drug-likeness (QED) is 0.551. The fourth-order valence-electron chi connectivity index (χ4n) is 4.86. The molecule has 7 nitrogen and oxygen atoms in total. The number of benzene rings is 2. The summed E-state index contributed by atoms with van der Waals surface area (Å²) in [4.78, 5) is 22.0. The number of nitrogens with one attached hydrogen (secondary N) is 1. The summed E-state index contributed by atoms with van der Waals surface area (Å²) in [7, 11) is 0. The molecule has 3 aromatic rings. The van der Waals surface area contributed by atoms with Crippen molar-refractivity contribution in [2.75, 3.05) is 26.2 Å². The molecule has 0 spiro atoms. The molecule has 178 valence electrons. The maximum absolute atomic E-state index is 12.7. The lowest BCUT2D eigenvalue weighted by molar-refractivity contribution is -0.126. The Bertz CT molecular complexity index is 1050. The first-order chi connectivity index (χ1) is 16.7. The Morgan fingerprint density at radius 2 is 1.56 bits per heavy atom. The largest absolute Gasteiger partial charge is 0.352 e. The van der Waals surface area contributed by atoms with Gasteiger partial charge in [0.05, 0.1) is 6.54 Å². The number of piperidine rings is 1. The molecule has 34 heavy (non-hydrogen) atoms. The summed E-state index contributed by atoms with van der Waals surface area (Å²) in [6.07, 6.45) is 4.32. The van der Waals surface area contributed by atoms with Gasteiger partial charge < -0.3 is 9.84 Å². The summed E-state index contributed by atoms with van der Waals surface area (Å²) in [5.41, 5.74) is 3.46. The second-order valence-electron chi connectivity index (χ2n) is 9.45. The number of nitrogens with zero attached hydrogens (tertiary/aromatic N) is 4. The Hall–Kier alpha value is -3.03. The molecule has 7 heteroatoms. The summed E-state index contributed by atoms with van der Waals surface area (Å²) in [5.74, 6) is 1.46. The molecule has 2 aromatic carbocycles. The van der Waals surface area contributed by atoms with Crippen LogP contribution in [0.2, 0.25) is 0 Å². The minimum Gasteiger partial charge on any atom is -0.352 e. The van der Waals surface area contributed by atoms with Crippen LogP contribution in [0.15, 0.2) is 59.1 Å². The predicted octanol–water partition coefficient (Wildman–Crippen LogP) is 3.86. The standard InChI is InChI=1S/C27H33N5O2/c33-27(28-18-21-8-10-22(11-9-21)19-31-14-4-5-15-31)24-12-16-32(17-13-24)20-25-29-26(30-34-25)23-6-2-1-3-7-23/h1-3,6-11,24H,4-5,12-20H2,(H,28,33). The van der Waals surface area contributed by atoms with Crippen LogP contribution in [-0.2, 0) is 24.4 Å². The molecule has 3 heterocycles. The van der Waals surface area contributed by atoms with Crippen LogP contribution >= 0.6 is 0 Å². The van der Waals surface area contributed by atoms with Crippen LogP contribution in [0.4, 0.5) is 0 Å². The van der Waals surface area contributed by atoms with Crippen LogP contribution in [0.5, 0.6) is 0 Å². The van der Waals surface area contributed by atoms with Gasteiger partial charge in [-0.15, -0.1) is 0 Å². The molecule has 0 bridgehead atoms. The van der Waals surface area contributed by atoms with E-state index >= 15 is 0 Å². The highest BCUT2D eigenvalue weighted by atomic mass is 16.5. The average molecular weight is 460 g/mol. The van der Waals surface area contributed by atoms with Gasteiger partial charge in [0, 0.05) is 24.6 Å². The van der Waals surface area contributed by atoms with Crippen molar-refractivity contribution >= 4 is 5.91 Å². The number of amides is 1. The molecule has 0 radical (unpaired) electrons. The molecule has 2 aliphatic rings. The second-order valence-corrected chi connectivity index (χ2v) is 9.45. The number of carbonyl (C=O) groups excluding carboxylic acids is 1. The van der Waals surface area contributed by atoms with E-state index < -0.39 is 0 Å². The van der Waals surface area contributed by atoms with Gasteiger partial charge in [-0.05, 0) is 63.0 Å². The highest BCUT2D eigenvalue weighted by molar-refractivity contribution is 5.78. The Labute approximate surface area is 201 Å². The summed E-state index contributed by atoms with van der Waals surface area (Å²) in [5, 5.41) is 7.24. The molecule has 0 aliphatic carbocycles. The van der Waals surface area contributed by atoms with Crippen LogP contribution in [0.25, 0.3) is 11.4 Å². The lowest BCUT2D eigenvalue weighted by Gasteiger charge is -2.30. The summed E-state index contributed by atoms with van der Waals surface area (Å²) >= 11 is 0. The molecule has 1 aromatic heterocycles. The maximum atomic E-state index is 12.7. The fraction of sp³-hybridized carbons (Fsp3) is 0.444. The number of aromatic nitrogens is 2. The fourth-order valence-corrected chi connectivity index (χ4v) is 4.86. The molecule has 2 aliphatic heterocycles. The molecule has 0 atom stereocenters. The minimum atomic E-state index is 0.0632. The highest BCUT2D eigenvalue weighted by Gasteiger charge is 2.26. The first kappa shape index (κ1) is 22.7. The number of hydrogen-bond donors (Lipinski definition) is 1. The van der Waals surface area contributed by atoms with Crippen LogP contribution in [0.1, 0.15) is 42.7 Å². The average Bonchev–Trinajstić information content (AvgIpc) is 3.57. The van der Waals surface area contributed by atoms with Gasteiger partial charge in [-0.25, -0.2) is 0 Å². The monoisotopic (exact) mass is 459 g/mol. The van der Waals surface area contributed by atoms with E-state index in [-0.39, 0.29) is 11.8 Å². The van der Waals surface area contributed by atoms with Crippen molar-refractivity contribution in [1.82, 2.24) is 25.3 Å². The number of likely N-dealkylation sites (tertiary alicyclic amines) is 2. The number of rotatable bonds is 8. The third kappa shape index (κ3) is 5.90. The van der Waals surface area contributed by atoms with E-state index in [1.807, 2.05) is 30.3 Å². The van der Waals surface area contributed by atoms with Crippen LogP contribution in [-0.4, -0.2) is 52.0 Å². The van der Waals surface area contributed by atoms with Gasteiger partial charge in [-0.3, -0.25) is 14.6 Å². The van der Waals surface area contributed by atoms with Crippen molar-refractivity contribution in [2.24, 2.45) is 5.92 Å². The number of hydrogen-bond acceptors (Lipinski definition) is 6. The zero-order valence-electron chi connectivity index (χ0n) is 19.7. The van der Waals surface area contributed by atoms with Crippen molar-refractivity contribution in [3.05, 3.63) is 71.6 Å². The smallest absolute Gasteiger partial charge is 0.241 e. The predicted molar refractivity (Wildman–Crippen MR) is 131 cm³/mol. The van der Waals surface area contributed by atoms with Gasteiger partial charge >= 0.3 is 0 Å². The first-order valence-corrected chi connectivity index (χ1v) is 12.4. The molecular formula is C27H33N5O2. The second kappa shape index (κ2) is 10.9. The van der Waals surface area contributed by atoms with E-state index in [9.17, 15) is 4.79 Å². The van der Waals surface area contributed by atoms with Crippen LogP contribution in [0, 0.1) is 5.92 Å². The third-order valence-corrected chi connectivity index (χ3v) is 6.91. The molecular weight excluding hydrogens is 426 g/mol.